The van der Waals surface area contributed by atoms with Crippen LogP contribution >= 0.6 is 11.6 Å². The molecule has 0 aromatic heterocycles. The number of nitrogens with one attached hydrogen (secondary N) is 1. The van der Waals surface area contributed by atoms with Gasteiger partial charge in [-0.15, -0.1) is 0 Å². The van der Waals surface area contributed by atoms with Crippen molar-refractivity contribution in [2.45, 2.75) is 44.2 Å². The Bertz CT molecular complexity index is 443. The van der Waals surface area contributed by atoms with Crippen molar-refractivity contribution in [2.75, 3.05) is 0 Å². The molecular weight excluding hydrogens is 248 g/mol. The van der Waals surface area contributed by atoms with E-state index in [-0.39, 0.29) is 17.5 Å². The van der Waals surface area contributed by atoms with Gasteiger partial charge in [-0.05, 0) is 37.8 Å². The van der Waals surface area contributed by atoms with Crippen molar-refractivity contribution in [1.82, 2.24) is 5.32 Å². The Balaban J connectivity index is 1.93. The minimum atomic E-state index is -0.274. The van der Waals surface area contributed by atoms with E-state index in [0.717, 1.165) is 24.8 Å². The molecule has 1 fully saturated rings. The molecule has 2 rings (SSSR count). The first-order valence-electron chi connectivity index (χ1n) is 6.33. The highest BCUT2D eigenvalue weighted by molar-refractivity contribution is 6.31. The van der Waals surface area contributed by atoms with E-state index in [1.807, 2.05) is 31.2 Å². The van der Waals surface area contributed by atoms with Gasteiger partial charge in [0, 0.05) is 17.0 Å². The van der Waals surface area contributed by atoms with Crippen LogP contribution in [0.25, 0.3) is 0 Å². The molecule has 1 saturated carbocycles. The van der Waals surface area contributed by atoms with Crippen LogP contribution in [-0.4, -0.2) is 11.4 Å². The minimum absolute atomic E-state index is 0.00428. The SMILES string of the molecule is C[C@H](NC(=O)CC1(N)CCC1)c1ccccc1Cl. The lowest BCUT2D eigenvalue weighted by molar-refractivity contribution is -0.123. The summed E-state index contributed by atoms with van der Waals surface area (Å²) in [6.07, 6.45) is 3.42. The third-order valence-electron chi connectivity index (χ3n) is 3.61. The van der Waals surface area contributed by atoms with Gasteiger partial charge in [-0.2, -0.15) is 0 Å². The molecule has 0 spiro atoms. The van der Waals surface area contributed by atoms with Crippen LogP contribution in [0.1, 0.15) is 44.2 Å². The second-order valence-corrected chi connectivity index (χ2v) is 5.61. The van der Waals surface area contributed by atoms with Crippen LogP contribution in [0.2, 0.25) is 5.02 Å². The molecule has 1 atom stereocenters. The number of hydrogen-bond acceptors (Lipinski definition) is 2. The molecule has 98 valence electrons. The Morgan fingerprint density at radius 3 is 2.72 bits per heavy atom. The maximum absolute atomic E-state index is 11.9. The average molecular weight is 267 g/mol. The van der Waals surface area contributed by atoms with E-state index in [1.54, 1.807) is 0 Å². The second-order valence-electron chi connectivity index (χ2n) is 5.20. The van der Waals surface area contributed by atoms with Crippen molar-refractivity contribution in [3.8, 4) is 0 Å². The molecule has 0 heterocycles. The van der Waals surface area contributed by atoms with Crippen molar-refractivity contribution < 1.29 is 4.79 Å². The van der Waals surface area contributed by atoms with E-state index in [1.165, 1.54) is 0 Å². The number of halogens is 1. The largest absolute Gasteiger partial charge is 0.349 e. The number of nitrogens with two attached hydrogens (primary N) is 1. The van der Waals surface area contributed by atoms with Gasteiger partial charge in [-0.25, -0.2) is 0 Å². The summed E-state index contributed by atoms with van der Waals surface area (Å²) in [4.78, 5) is 11.9. The molecule has 0 saturated heterocycles. The highest BCUT2D eigenvalue weighted by Gasteiger charge is 2.34. The highest BCUT2D eigenvalue weighted by Crippen LogP contribution is 2.32. The van der Waals surface area contributed by atoms with Crippen molar-refractivity contribution in [3.63, 3.8) is 0 Å². The van der Waals surface area contributed by atoms with Crippen LogP contribution in [0, 0.1) is 0 Å². The Labute approximate surface area is 113 Å². The molecule has 0 unspecified atom stereocenters. The molecule has 0 radical (unpaired) electrons. The van der Waals surface area contributed by atoms with Crippen molar-refractivity contribution in [2.24, 2.45) is 5.73 Å². The lowest BCUT2D eigenvalue weighted by atomic mass is 9.75. The molecule has 1 aromatic carbocycles. The van der Waals surface area contributed by atoms with Gasteiger partial charge in [0.05, 0.1) is 6.04 Å². The van der Waals surface area contributed by atoms with Gasteiger partial charge in [0.1, 0.15) is 0 Å². The van der Waals surface area contributed by atoms with Crippen molar-refractivity contribution in [1.29, 1.82) is 0 Å². The van der Waals surface area contributed by atoms with Crippen LogP contribution in [0.3, 0.4) is 0 Å². The quantitative estimate of drug-likeness (QED) is 0.880. The first kappa shape index (κ1) is 13.4. The number of amides is 1. The molecule has 18 heavy (non-hydrogen) atoms. The monoisotopic (exact) mass is 266 g/mol. The molecule has 1 aromatic rings. The zero-order valence-electron chi connectivity index (χ0n) is 10.6. The molecule has 4 heteroatoms. The lowest BCUT2D eigenvalue weighted by Gasteiger charge is -2.37. The molecule has 1 amide bonds. The van der Waals surface area contributed by atoms with E-state index in [2.05, 4.69) is 5.32 Å². The predicted molar refractivity (Wildman–Crippen MR) is 73.4 cm³/mol. The molecular formula is C14H19ClN2O. The second kappa shape index (κ2) is 5.29. The summed E-state index contributed by atoms with van der Waals surface area (Å²) in [7, 11) is 0. The van der Waals surface area contributed by atoms with Gasteiger partial charge in [0.15, 0.2) is 0 Å². The van der Waals surface area contributed by atoms with E-state index in [0.29, 0.717) is 11.4 Å². The van der Waals surface area contributed by atoms with Crippen molar-refractivity contribution >= 4 is 17.5 Å². The number of carbonyl (C=O) groups is 1. The Morgan fingerprint density at radius 1 is 1.50 bits per heavy atom. The van der Waals surface area contributed by atoms with E-state index < -0.39 is 0 Å². The molecule has 3 nitrogen and oxygen atoms in total. The van der Waals surface area contributed by atoms with Crippen LogP contribution in [0.15, 0.2) is 24.3 Å². The standard InChI is InChI=1S/C14H19ClN2O/c1-10(11-5-2-3-6-12(11)15)17-13(18)9-14(16)7-4-8-14/h2-3,5-6,10H,4,7-9,16H2,1H3,(H,17,18)/t10-/m0/s1. The molecule has 0 bridgehead atoms. The summed E-state index contributed by atoms with van der Waals surface area (Å²) in [5.74, 6) is 0.00428. The summed E-state index contributed by atoms with van der Waals surface area (Å²) in [6.45, 7) is 1.93. The number of carbonyl (C=O) groups excluding carboxylic acids is 1. The van der Waals surface area contributed by atoms with Gasteiger partial charge in [-0.1, -0.05) is 29.8 Å². The summed E-state index contributed by atoms with van der Waals surface area (Å²) < 4.78 is 0. The topological polar surface area (TPSA) is 55.1 Å². The summed E-state index contributed by atoms with van der Waals surface area (Å²) in [5, 5.41) is 3.64. The molecule has 0 aliphatic heterocycles. The van der Waals surface area contributed by atoms with Gasteiger partial charge in [0.2, 0.25) is 5.91 Å². The highest BCUT2D eigenvalue weighted by atomic mass is 35.5. The maximum Gasteiger partial charge on any atom is 0.222 e. The fraction of sp³-hybridized carbons (Fsp3) is 0.500. The zero-order chi connectivity index (χ0) is 13.2. The number of hydrogen-bond donors (Lipinski definition) is 2. The maximum atomic E-state index is 11.9. The van der Waals surface area contributed by atoms with E-state index in [9.17, 15) is 4.79 Å². The average Bonchev–Trinajstić information content (AvgIpc) is 2.27. The van der Waals surface area contributed by atoms with Crippen LogP contribution < -0.4 is 11.1 Å². The zero-order valence-corrected chi connectivity index (χ0v) is 11.3. The van der Waals surface area contributed by atoms with Crippen LogP contribution in [0.5, 0.6) is 0 Å². The molecule has 1 aliphatic rings. The Hall–Kier alpha value is -1.06. The third-order valence-corrected chi connectivity index (χ3v) is 3.96. The van der Waals surface area contributed by atoms with E-state index >= 15 is 0 Å². The molecule has 1 aliphatic carbocycles. The summed E-state index contributed by atoms with van der Waals surface area (Å²) in [5.41, 5.74) is 6.72. The van der Waals surface area contributed by atoms with Gasteiger partial charge < -0.3 is 11.1 Å². The fourth-order valence-electron chi connectivity index (χ4n) is 2.32. The minimum Gasteiger partial charge on any atom is -0.349 e. The fourth-order valence-corrected chi connectivity index (χ4v) is 2.62. The van der Waals surface area contributed by atoms with Crippen LogP contribution in [-0.2, 0) is 4.79 Å². The van der Waals surface area contributed by atoms with E-state index in [4.69, 9.17) is 17.3 Å². The Kier molecular flexibility index (Phi) is 3.93. The first-order chi connectivity index (χ1) is 8.50. The van der Waals surface area contributed by atoms with Gasteiger partial charge >= 0.3 is 0 Å². The van der Waals surface area contributed by atoms with Gasteiger partial charge in [-0.3, -0.25) is 4.79 Å². The normalized spacial score (nSPS) is 18.8. The van der Waals surface area contributed by atoms with Gasteiger partial charge in [0.25, 0.3) is 0 Å². The Morgan fingerprint density at radius 2 is 2.17 bits per heavy atom. The smallest absolute Gasteiger partial charge is 0.222 e. The molecule has 3 N–H and O–H groups in total. The number of rotatable bonds is 4. The predicted octanol–water partition coefficient (Wildman–Crippen LogP) is 2.79. The van der Waals surface area contributed by atoms with Crippen LogP contribution in [0.4, 0.5) is 0 Å². The lowest BCUT2D eigenvalue weighted by Crippen LogP contribution is -2.50. The summed E-state index contributed by atoms with van der Waals surface area (Å²) in [6, 6.07) is 7.46. The van der Waals surface area contributed by atoms with Crippen molar-refractivity contribution in [3.05, 3.63) is 34.9 Å². The third kappa shape index (κ3) is 3.03. The first-order valence-corrected chi connectivity index (χ1v) is 6.71. The number of benzene rings is 1. The summed E-state index contributed by atoms with van der Waals surface area (Å²) >= 11 is 6.10.